The number of aliphatic hydroxyl groups is 1. The monoisotopic (exact) mass is 410 g/mol. The zero-order valence-electron chi connectivity index (χ0n) is 13.4. The first kappa shape index (κ1) is 18.8. The van der Waals surface area contributed by atoms with Crippen LogP contribution < -0.4 is 10.6 Å². The molecule has 0 saturated heterocycles. The van der Waals surface area contributed by atoms with Gasteiger partial charge in [-0.3, -0.25) is 0 Å². The third-order valence-electron chi connectivity index (χ3n) is 3.65. The summed E-state index contributed by atoms with van der Waals surface area (Å²) in [5, 5.41) is 15.4. The number of amides is 2. The summed E-state index contributed by atoms with van der Waals surface area (Å²) in [6.45, 7) is 1.99. The Morgan fingerprint density at radius 1 is 1.29 bits per heavy atom. The summed E-state index contributed by atoms with van der Waals surface area (Å²) in [5.41, 5.74) is 2.54. The predicted octanol–water partition coefficient (Wildman–Crippen LogP) is 5.05. The lowest BCUT2D eigenvalue weighted by Crippen LogP contribution is -2.32. The Morgan fingerprint density at radius 3 is 2.67 bits per heavy atom. The number of aliphatic hydroxyl groups excluding tert-OH is 1. The summed E-state index contributed by atoms with van der Waals surface area (Å²) < 4.78 is 0.770. The van der Waals surface area contributed by atoms with Crippen LogP contribution >= 0.6 is 27.5 Å². The van der Waals surface area contributed by atoms with E-state index in [2.05, 4.69) is 26.6 Å². The number of urea groups is 1. The van der Waals surface area contributed by atoms with Crippen LogP contribution in [0.15, 0.2) is 46.9 Å². The van der Waals surface area contributed by atoms with Crippen LogP contribution in [0.25, 0.3) is 0 Å². The number of nitrogens with one attached hydrogen (secondary N) is 2. The standard InChI is InChI=1S/C18H20BrClN2O2/c1-12-10-14(19)17(11-15(12)20)22-18(24)21-16(8-5-9-23)13-6-3-2-4-7-13/h2-4,6-7,10-11,16,23H,5,8-9H2,1H3,(H2,21,22,24). The molecule has 0 fully saturated rings. The normalized spacial score (nSPS) is 11.8. The van der Waals surface area contributed by atoms with Gasteiger partial charge in [0.25, 0.3) is 0 Å². The number of anilines is 1. The highest BCUT2D eigenvalue weighted by Crippen LogP contribution is 2.29. The van der Waals surface area contributed by atoms with Crippen molar-refractivity contribution in [2.75, 3.05) is 11.9 Å². The molecule has 0 aliphatic heterocycles. The molecule has 1 unspecified atom stereocenters. The number of carbonyl (C=O) groups excluding carboxylic acids is 1. The highest BCUT2D eigenvalue weighted by molar-refractivity contribution is 9.10. The number of hydrogen-bond acceptors (Lipinski definition) is 2. The van der Waals surface area contributed by atoms with Gasteiger partial charge in [-0.2, -0.15) is 0 Å². The summed E-state index contributed by atoms with van der Waals surface area (Å²) in [6, 6.07) is 12.8. The predicted molar refractivity (Wildman–Crippen MR) is 102 cm³/mol. The summed E-state index contributed by atoms with van der Waals surface area (Å²) in [7, 11) is 0. The Bertz CT molecular complexity index is 695. The highest BCUT2D eigenvalue weighted by Gasteiger charge is 2.15. The van der Waals surface area contributed by atoms with Crippen LogP contribution in [0.5, 0.6) is 0 Å². The van der Waals surface area contributed by atoms with E-state index in [4.69, 9.17) is 16.7 Å². The smallest absolute Gasteiger partial charge is 0.319 e. The van der Waals surface area contributed by atoms with E-state index in [1.54, 1.807) is 6.07 Å². The molecule has 2 aromatic rings. The molecule has 128 valence electrons. The fourth-order valence-corrected chi connectivity index (χ4v) is 3.08. The topological polar surface area (TPSA) is 61.4 Å². The number of carbonyl (C=O) groups is 1. The molecule has 2 aromatic carbocycles. The first-order valence-corrected chi connectivity index (χ1v) is 8.87. The van der Waals surface area contributed by atoms with E-state index in [1.165, 1.54) is 0 Å². The Balaban J connectivity index is 2.09. The molecular formula is C18H20BrClN2O2. The summed E-state index contributed by atoms with van der Waals surface area (Å²) in [4.78, 5) is 12.4. The molecule has 0 aliphatic rings. The summed E-state index contributed by atoms with van der Waals surface area (Å²) >= 11 is 9.55. The molecule has 0 heterocycles. The van der Waals surface area contributed by atoms with Gasteiger partial charge in [0.1, 0.15) is 0 Å². The lowest BCUT2D eigenvalue weighted by atomic mass is 10.0. The molecule has 0 aliphatic carbocycles. The van der Waals surface area contributed by atoms with E-state index >= 15 is 0 Å². The Labute approximate surface area is 155 Å². The maximum absolute atomic E-state index is 12.4. The molecule has 4 nitrogen and oxygen atoms in total. The van der Waals surface area contributed by atoms with Gasteiger partial charge in [-0.25, -0.2) is 4.79 Å². The molecule has 1 atom stereocenters. The minimum atomic E-state index is -0.317. The number of halogens is 2. The van der Waals surface area contributed by atoms with Gasteiger partial charge in [-0.05, 0) is 59.0 Å². The molecule has 2 rings (SSSR count). The second-order valence-corrected chi connectivity index (χ2v) is 6.77. The molecule has 0 radical (unpaired) electrons. The van der Waals surface area contributed by atoms with Gasteiger partial charge in [0.15, 0.2) is 0 Å². The molecule has 0 saturated carbocycles. The molecule has 0 spiro atoms. The minimum Gasteiger partial charge on any atom is -0.396 e. The van der Waals surface area contributed by atoms with Gasteiger partial charge < -0.3 is 15.7 Å². The van der Waals surface area contributed by atoms with E-state index in [1.807, 2.05) is 43.3 Å². The Hall–Kier alpha value is -1.56. The molecule has 2 amide bonds. The van der Waals surface area contributed by atoms with Gasteiger partial charge in [0.05, 0.1) is 11.7 Å². The van der Waals surface area contributed by atoms with Gasteiger partial charge in [0.2, 0.25) is 0 Å². The van der Waals surface area contributed by atoms with Crippen LogP contribution in [0.4, 0.5) is 10.5 Å². The number of aryl methyl sites for hydroxylation is 1. The molecule has 3 N–H and O–H groups in total. The van der Waals surface area contributed by atoms with Crippen molar-refractivity contribution in [2.24, 2.45) is 0 Å². The van der Waals surface area contributed by atoms with Crippen molar-refractivity contribution in [3.05, 3.63) is 63.1 Å². The van der Waals surface area contributed by atoms with Crippen molar-refractivity contribution < 1.29 is 9.90 Å². The first-order chi connectivity index (χ1) is 11.5. The minimum absolute atomic E-state index is 0.0890. The van der Waals surface area contributed by atoms with Crippen molar-refractivity contribution in [1.29, 1.82) is 0 Å². The van der Waals surface area contributed by atoms with Crippen molar-refractivity contribution >= 4 is 39.2 Å². The van der Waals surface area contributed by atoms with E-state index < -0.39 is 0 Å². The Kier molecular flexibility index (Phi) is 7.09. The van der Waals surface area contributed by atoms with Crippen LogP contribution in [-0.2, 0) is 0 Å². The molecule has 6 heteroatoms. The fourth-order valence-electron chi connectivity index (χ4n) is 2.36. The van der Waals surface area contributed by atoms with Gasteiger partial charge in [-0.1, -0.05) is 41.9 Å². The fraction of sp³-hybridized carbons (Fsp3) is 0.278. The van der Waals surface area contributed by atoms with Crippen molar-refractivity contribution in [1.82, 2.24) is 5.32 Å². The maximum Gasteiger partial charge on any atom is 0.319 e. The molecule has 24 heavy (non-hydrogen) atoms. The van der Waals surface area contributed by atoms with E-state index in [9.17, 15) is 4.79 Å². The molecule has 0 aromatic heterocycles. The van der Waals surface area contributed by atoms with Gasteiger partial charge in [-0.15, -0.1) is 0 Å². The van der Waals surface area contributed by atoms with Crippen LogP contribution in [0.1, 0.15) is 30.0 Å². The lowest BCUT2D eigenvalue weighted by molar-refractivity contribution is 0.244. The average molecular weight is 412 g/mol. The maximum atomic E-state index is 12.4. The van der Waals surface area contributed by atoms with Crippen LogP contribution in [-0.4, -0.2) is 17.7 Å². The third kappa shape index (κ3) is 5.23. The number of benzene rings is 2. The zero-order valence-corrected chi connectivity index (χ0v) is 15.7. The quantitative estimate of drug-likeness (QED) is 0.623. The average Bonchev–Trinajstić information content (AvgIpc) is 2.57. The third-order valence-corrected chi connectivity index (χ3v) is 4.72. The van der Waals surface area contributed by atoms with Crippen LogP contribution in [0.2, 0.25) is 5.02 Å². The molecule has 0 bridgehead atoms. The van der Waals surface area contributed by atoms with Crippen molar-refractivity contribution in [2.45, 2.75) is 25.8 Å². The second-order valence-electron chi connectivity index (χ2n) is 5.51. The van der Waals surface area contributed by atoms with Crippen LogP contribution in [0, 0.1) is 6.92 Å². The van der Waals surface area contributed by atoms with Gasteiger partial charge in [0, 0.05) is 16.1 Å². The SMILES string of the molecule is Cc1cc(Br)c(NC(=O)NC(CCCO)c2ccccc2)cc1Cl. The van der Waals surface area contributed by atoms with E-state index in [-0.39, 0.29) is 18.7 Å². The van der Waals surface area contributed by atoms with E-state index in [0.717, 1.165) is 15.6 Å². The number of hydrogen-bond donors (Lipinski definition) is 3. The zero-order chi connectivity index (χ0) is 17.5. The highest BCUT2D eigenvalue weighted by atomic mass is 79.9. The molecular weight excluding hydrogens is 392 g/mol. The van der Waals surface area contributed by atoms with Crippen molar-refractivity contribution in [3.63, 3.8) is 0 Å². The second kappa shape index (κ2) is 9.06. The lowest BCUT2D eigenvalue weighted by Gasteiger charge is -2.20. The van der Waals surface area contributed by atoms with Crippen molar-refractivity contribution in [3.8, 4) is 0 Å². The summed E-state index contributed by atoms with van der Waals surface area (Å²) in [6.07, 6.45) is 1.27. The van der Waals surface area contributed by atoms with E-state index in [0.29, 0.717) is 23.6 Å². The largest absolute Gasteiger partial charge is 0.396 e. The first-order valence-electron chi connectivity index (χ1n) is 7.70. The Morgan fingerprint density at radius 2 is 2.00 bits per heavy atom. The summed E-state index contributed by atoms with van der Waals surface area (Å²) in [5.74, 6) is 0. The van der Waals surface area contributed by atoms with Crippen LogP contribution in [0.3, 0.4) is 0 Å². The number of rotatable bonds is 6. The van der Waals surface area contributed by atoms with Gasteiger partial charge >= 0.3 is 6.03 Å².